The second-order valence-corrected chi connectivity index (χ2v) is 4.95. The van der Waals surface area contributed by atoms with Crippen molar-refractivity contribution in [3.8, 4) is 11.5 Å². The summed E-state index contributed by atoms with van der Waals surface area (Å²) in [4.78, 5) is 11.6. The third-order valence-electron chi connectivity index (χ3n) is 2.56. The van der Waals surface area contributed by atoms with Crippen LogP contribution in [0.3, 0.4) is 0 Å². The van der Waals surface area contributed by atoms with E-state index in [1.165, 1.54) is 13.3 Å². The van der Waals surface area contributed by atoms with Crippen molar-refractivity contribution in [2.24, 2.45) is 5.10 Å². The van der Waals surface area contributed by atoms with Crippen molar-refractivity contribution in [2.75, 3.05) is 14.2 Å². The first kappa shape index (κ1) is 15.4. The minimum atomic E-state index is -0.424. The minimum absolute atomic E-state index is 0.107. The van der Waals surface area contributed by atoms with Gasteiger partial charge in [0.15, 0.2) is 11.5 Å². The van der Waals surface area contributed by atoms with E-state index in [1.807, 2.05) is 0 Å². The monoisotopic (exact) mass is 370 g/mol. The Balaban J connectivity index is 2.47. The molecule has 110 valence electrons. The molecule has 0 saturated carbocycles. The summed E-state index contributed by atoms with van der Waals surface area (Å²) >= 11 is 8.36. The van der Waals surface area contributed by atoms with E-state index in [0.717, 1.165) is 10.9 Å². The van der Waals surface area contributed by atoms with Gasteiger partial charge < -0.3 is 9.47 Å². The molecule has 0 atom stereocenters. The van der Waals surface area contributed by atoms with Crippen LogP contribution in [0.5, 0.6) is 11.5 Å². The lowest BCUT2D eigenvalue weighted by molar-refractivity contribution is 0.353. The van der Waals surface area contributed by atoms with Crippen molar-refractivity contribution in [1.82, 2.24) is 14.9 Å². The van der Waals surface area contributed by atoms with Crippen molar-refractivity contribution in [3.63, 3.8) is 0 Å². The molecule has 1 heterocycles. The van der Waals surface area contributed by atoms with Crippen LogP contribution >= 0.6 is 28.1 Å². The lowest BCUT2D eigenvalue weighted by Gasteiger charge is -2.10. The number of hydrogen-bond acceptors (Lipinski definition) is 6. The Kier molecular flexibility index (Phi) is 4.86. The molecule has 0 bridgehead atoms. The van der Waals surface area contributed by atoms with Crippen molar-refractivity contribution < 1.29 is 9.47 Å². The number of aromatic nitrogens is 3. The molecule has 9 heteroatoms. The van der Waals surface area contributed by atoms with Crippen LogP contribution in [0.25, 0.3) is 0 Å². The number of nitrogens with zero attached hydrogens (tertiary/aromatic N) is 3. The van der Waals surface area contributed by atoms with Gasteiger partial charge in [0.25, 0.3) is 5.56 Å². The van der Waals surface area contributed by atoms with E-state index < -0.39 is 5.56 Å². The lowest BCUT2D eigenvalue weighted by Crippen LogP contribution is -2.18. The molecule has 0 radical (unpaired) electrons. The standard InChI is InChI=1S/C12H11BrN4O3S/c1-19-8-4-3-7(10(13)11(8)20-2)5-15-17-9(18)6-14-16-12(17)21/h3-6H,1-2H3,(H,16,21)/b15-5-. The third-order valence-corrected chi connectivity index (χ3v) is 3.65. The zero-order chi connectivity index (χ0) is 15.4. The summed E-state index contributed by atoms with van der Waals surface area (Å²) in [6.45, 7) is 0. The summed E-state index contributed by atoms with van der Waals surface area (Å²) in [7, 11) is 3.08. The van der Waals surface area contributed by atoms with Gasteiger partial charge in [0.2, 0.25) is 4.77 Å². The van der Waals surface area contributed by atoms with Gasteiger partial charge in [-0.05, 0) is 40.3 Å². The van der Waals surface area contributed by atoms with E-state index in [2.05, 4.69) is 31.2 Å². The van der Waals surface area contributed by atoms with E-state index in [-0.39, 0.29) is 4.77 Å². The number of ether oxygens (including phenoxy) is 2. The van der Waals surface area contributed by atoms with E-state index in [0.29, 0.717) is 21.5 Å². The molecule has 0 aliphatic rings. The first-order valence-corrected chi connectivity index (χ1v) is 6.90. The number of H-pyrrole nitrogens is 1. The van der Waals surface area contributed by atoms with Crippen LogP contribution in [0, 0.1) is 4.77 Å². The van der Waals surface area contributed by atoms with Crippen LogP contribution in [0.4, 0.5) is 0 Å². The maximum atomic E-state index is 11.6. The molecule has 1 aromatic carbocycles. The van der Waals surface area contributed by atoms with Gasteiger partial charge in [0, 0.05) is 5.56 Å². The molecule has 0 aliphatic carbocycles. The third kappa shape index (κ3) is 3.19. The highest BCUT2D eigenvalue weighted by atomic mass is 79.9. The smallest absolute Gasteiger partial charge is 0.293 e. The molecule has 0 spiro atoms. The maximum absolute atomic E-state index is 11.6. The topological polar surface area (TPSA) is 81.5 Å². The molecule has 1 aromatic heterocycles. The molecule has 0 amide bonds. The Hall–Kier alpha value is -2.00. The van der Waals surface area contributed by atoms with Crippen LogP contribution in [0.15, 0.2) is 32.7 Å². The zero-order valence-electron chi connectivity index (χ0n) is 11.2. The van der Waals surface area contributed by atoms with Crippen molar-refractivity contribution in [1.29, 1.82) is 0 Å². The van der Waals surface area contributed by atoms with Crippen molar-refractivity contribution in [2.45, 2.75) is 0 Å². The van der Waals surface area contributed by atoms with Gasteiger partial charge in [-0.1, -0.05) is 0 Å². The second kappa shape index (κ2) is 6.64. The second-order valence-electron chi connectivity index (χ2n) is 3.77. The molecule has 0 fully saturated rings. The Morgan fingerprint density at radius 3 is 2.81 bits per heavy atom. The highest BCUT2D eigenvalue weighted by Crippen LogP contribution is 2.36. The Bertz CT molecular complexity index is 772. The Labute approximate surface area is 133 Å². The average Bonchev–Trinajstić information content (AvgIpc) is 2.47. The molecule has 0 saturated heterocycles. The highest BCUT2D eigenvalue weighted by Gasteiger charge is 2.11. The number of hydrogen-bond donors (Lipinski definition) is 1. The van der Waals surface area contributed by atoms with Crippen LogP contribution < -0.4 is 15.0 Å². The molecule has 21 heavy (non-hydrogen) atoms. The molecular weight excluding hydrogens is 360 g/mol. The molecule has 0 aliphatic heterocycles. The minimum Gasteiger partial charge on any atom is -0.493 e. The molecule has 1 N–H and O–H groups in total. The fourth-order valence-electron chi connectivity index (χ4n) is 1.58. The number of methoxy groups -OCH3 is 2. The fraction of sp³-hybridized carbons (Fsp3) is 0.167. The summed E-state index contributed by atoms with van der Waals surface area (Å²) in [5.41, 5.74) is 0.275. The van der Waals surface area contributed by atoms with Gasteiger partial charge in [-0.3, -0.25) is 9.89 Å². The largest absolute Gasteiger partial charge is 0.493 e. The Morgan fingerprint density at radius 2 is 2.19 bits per heavy atom. The summed E-state index contributed by atoms with van der Waals surface area (Å²) < 4.78 is 12.3. The van der Waals surface area contributed by atoms with Crippen LogP contribution in [-0.2, 0) is 0 Å². The van der Waals surface area contributed by atoms with E-state index in [9.17, 15) is 4.79 Å². The van der Waals surface area contributed by atoms with E-state index in [4.69, 9.17) is 21.7 Å². The fourth-order valence-corrected chi connectivity index (χ4v) is 2.36. The van der Waals surface area contributed by atoms with Gasteiger partial charge >= 0.3 is 0 Å². The summed E-state index contributed by atoms with van der Waals surface area (Å²) in [5.74, 6) is 1.12. The normalized spacial score (nSPS) is 10.8. The van der Waals surface area contributed by atoms with E-state index in [1.54, 1.807) is 19.2 Å². The quantitative estimate of drug-likeness (QED) is 0.657. The van der Waals surface area contributed by atoms with Crippen LogP contribution in [-0.4, -0.2) is 35.3 Å². The van der Waals surface area contributed by atoms with Gasteiger partial charge in [0.05, 0.1) is 24.9 Å². The summed E-state index contributed by atoms with van der Waals surface area (Å²) in [5, 5.41) is 10.1. The van der Waals surface area contributed by atoms with E-state index >= 15 is 0 Å². The van der Waals surface area contributed by atoms with Crippen LogP contribution in [0.2, 0.25) is 0 Å². The van der Waals surface area contributed by atoms with Gasteiger partial charge in [0.1, 0.15) is 6.20 Å². The molecule has 0 unspecified atom stereocenters. The van der Waals surface area contributed by atoms with Crippen molar-refractivity contribution >= 4 is 34.4 Å². The maximum Gasteiger partial charge on any atom is 0.293 e. The van der Waals surface area contributed by atoms with Gasteiger partial charge in [-0.2, -0.15) is 14.9 Å². The highest BCUT2D eigenvalue weighted by molar-refractivity contribution is 9.10. The number of halogens is 1. The Morgan fingerprint density at radius 1 is 1.43 bits per heavy atom. The van der Waals surface area contributed by atoms with Gasteiger partial charge in [-0.25, -0.2) is 0 Å². The first-order chi connectivity index (χ1) is 10.1. The predicted octanol–water partition coefficient (Wildman–Crippen LogP) is 1.96. The average molecular weight is 371 g/mol. The molecule has 2 rings (SSSR count). The summed E-state index contributed by atoms with van der Waals surface area (Å²) in [6.07, 6.45) is 2.58. The van der Waals surface area contributed by atoms with Gasteiger partial charge in [-0.15, -0.1) is 0 Å². The van der Waals surface area contributed by atoms with Crippen molar-refractivity contribution in [3.05, 3.63) is 43.5 Å². The number of aromatic amines is 1. The molecule has 2 aromatic rings. The first-order valence-electron chi connectivity index (χ1n) is 5.70. The number of benzene rings is 1. The van der Waals surface area contributed by atoms with Crippen LogP contribution in [0.1, 0.15) is 5.56 Å². The SMILES string of the molecule is COc1ccc(/C=N\n2c(=O)cn[nH]c2=S)c(Br)c1OC. The zero-order valence-corrected chi connectivity index (χ0v) is 13.6. The molecular formula is C12H11BrN4O3S. The molecule has 7 nitrogen and oxygen atoms in total. The predicted molar refractivity (Wildman–Crippen MR) is 83.9 cm³/mol. The number of rotatable bonds is 4. The summed E-state index contributed by atoms with van der Waals surface area (Å²) in [6, 6.07) is 3.51. The lowest BCUT2D eigenvalue weighted by atomic mass is 10.2. The number of nitrogens with one attached hydrogen (secondary N) is 1.